The second-order valence-corrected chi connectivity index (χ2v) is 5.62. The van der Waals surface area contributed by atoms with Crippen LogP contribution in [0.15, 0.2) is 41.3 Å². The van der Waals surface area contributed by atoms with Gasteiger partial charge in [-0.2, -0.15) is 13.2 Å². The molecule has 0 saturated heterocycles. The third-order valence-corrected chi connectivity index (χ3v) is 3.61. The van der Waals surface area contributed by atoms with Crippen molar-refractivity contribution in [3.05, 3.63) is 53.3 Å². The Hall–Kier alpha value is -1.56. The van der Waals surface area contributed by atoms with Crippen LogP contribution in [0.4, 0.5) is 13.2 Å². The first-order valence-electron chi connectivity index (χ1n) is 6.09. The highest BCUT2D eigenvalue weighted by Gasteiger charge is 2.28. The van der Waals surface area contributed by atoms with Crippen molar-refractivity contribution >= 4 is 11.8 Å². The standard InChI is InChI=1S/C14H15F3N2S/c1-10-3-4-11(2)19(10)18-9-12-5-7-13(8-6-12)20-14(15,16)17/h3-8,18H,9H2,1-2H3. The first kappa shape index (κ1) is 14.8. The van der Waals surface area contributed by atoms with Crippen LogP contribution in [0.3, 0.4) is 0 Å². The van der Waals surface area contributed by atoms with E-state index in [1.165, 1.54) is 12.1 Å². The molecule has 2 aromatic rings. The van der Waals surface area contributed by atoms with E-state index < -0.39 is 5.51 Å². The number of alkyl halides is 3. The quantitative estimate of drug-likeness (QED) is 0.840. The van der Waals surface area contributed by atoms with Crippen molar-refractivity contribution in [1.82, 2.24) is 4.68 Å². The normalized spacial score (nSPS) is 11.7. The molecule has 2 rings (SSSR count). The van der Waals surface area contributed by atoms with Crippen LogP contribution < -0.4 is 5.43 Å². The van der Waals surface area contributed by atoms with Crippen molar-refractivity contribution in [3.8, 4) is 0 Å². The van der Waals surface area contributed by atoms with Gasteiger partial charge in [-0.15, -0.1) is 0 Å². The topological polar surface area (TPSA) is 17.0 Å². The summed E-state index contributed by atoms with van der Waals surface area (Å²) in [4.78, 5) is 0.203. The van der Waals surface area contributed by atoms with Gasteiger partial charge in [0.25, 0.3) is 0 Å². The number of nitrogens with one attached hydrogen (secondary N) is 1. The van der Waals surface area contributed by atoms with Gasteiger partial charge in [0.1, 0.15) is 0 Å². The average molecular weight is 300 g/mol. The molecule has 1 heterocycles. The fourth-order valence-electron chi connectivity index (χ4n) is 1.90. The molecule has 0 amide bonds. The predicted molar refractivity (Wildman–Crippen MR) is 75.3 cm³/mol. The maximum absolute atomic E-state index is 12.2. The highest BCUT2D eigenvalue weighted by Crippen LogP contribution is 2.36. The second kappa shape index (κ2) is 5.83. The van der Waals surface area contributed by atoms with E-state index in [2.05, 4.69) is 5.43 Å². The van der Waals surface area contributed by atoms with Gasteiger partial charge in [-0.1, -0.05) is 12.1 Å². The van der Waals surface area contributed by atoms with Crippen molar-refractivity contribution in [1.29, 1.82) is 0 Å². The van der Waals surface area contributed by atoms with Crippen molar-refractivity contribution in [2.45, 2.75) is 30.8 Å². The Morgan fingerprint density at radius 2 is 1.55 bits per heavy atom. The minimum atomic E-state index is -4.24. The van der Waals surface area contributed by atoms with Gasteiger partial charge in [-0.05, 0) is 55.4 Å². The summed E-state index contributed by atoms with van der Waals surface area (Å²) >= 11 is -0.0954. The third-order valence-electron chi connectivity index (χ3n) is 2.87. The summed E-state index contributed by atoms with van der Waals surface area (Å²) in [6.45, 7) is 4.54. The van der Waals surface area contributed by atoms with Gasteiger partial charge in [0, 0.05) is 16.3 Å². The zero-order valence-corrected chi connectivity index (χ0v) is 12.0. The predicted octanol–water partition coefficient (Wildman–Crippen LogP) is 4.46. The number of rotatable bonds is 4. The van der Waals surface area contributed by atoms with E-state index in [4.69, 9.17) is 0 Å². The van der Waals surface area contributed by atoms with Crippen LogP contribution in [-0.2, 0) is 6.54 Å². The van der Waals surface area contributed by atoms with E-state index in [-0.39, 0.29) is 16.7 Å². The van der Waals surface area contributed by atoms with Crippen molar-refractivity contribution in [2.75, 3.05) is 5.43 Å². The van der Waals surface area contributed by atoms with E-state index in [1.807, 2.05) is 30.7 Å². The van der Waals surface area contributed by atoms with Gasteiger partial charge in [-0.3, -0.25) is 4.68 Å². The molecule has 0 bridgehead atoms. The van der Waals surface area contributed by atoms with Gasteiger partial charge in [0.15, 0.2) is 0 Å². The minimum Gasteiger partial charge on any atom is -0.322 e. The number of aryl methyl sites for hydroxylation is 2. The van der Waals surface area contributed by atoms with E-state index in [1.54, 1.807) is 12.1 Å². The molecule has 20 heavy (non-hydrogen) atoms. The first-order valence-corrected chi connectivity index (χ1v) is 6.90. The number of benzene rings is 1. The monoisotopic (exact) mass is 300 g/mol. The van der Waals surface area contributed by atoms with Gasteiger partial charge < -0.3 is 5.43 Å². The van der Waals surface area contributed by atoms with E-state index in [9.17, 15) is 13.2 Å². The van der Waals surface area contributed by atoms with Gasteiger partial charge in [0.2, 0.25) is 0 Å². The van der Waals surface area contributed by atoms with Crippen LogP contribution >= 0.6 is 11.8 Å². The molecule has 2 nitrogen and oxygen atoms in total. The lowest BCUT2D eigenvalue weighted by molar-refractivity contribution is -0.0328. The Bertz CT molecular complexity index is 554. The maximum Gasteiger partial charge on any atom is 0.446 e. The SMILES string of the molecule is Cc1ccc(C)n1NCc1ccc(SC(F)(F)F)cc1. The second-order valence-electron chi connectivity index (χ2n) is 4.48. The summed E-state index contributed by atoms with van der Waals surface area (Å²) in [5, 5.41) is 0. The molecule has 0 aliphatic carbocycles. The molecule has 0 atom stereocenters. The number of aromatic nitrogens is 1. The van der Waals surface area contributed by atoms with Crippen LogP contribution in [0.2, 0.25) is 0 Å². The van der Waals surface area contributed by atoms with Crippen molar-refractivity contribution < 1.29 is 13.2 Å². The lowest BCUT2D eigenvalue weighted by Crippen LogP contribution is -2.16. The minimum absolute atomic E-state index is 0.0954. The molecule has 0 saturated carbocycles. The molecule has 0 fully saturated rings. The summed E-state index contributed by atoms with van der Waals surface area (Å²) < 4.78 is 38.6. The molecule has 0 aliphatic rings. The zero-order chi connectivity index (χ0) is 14.8. The summed E-state index contributed by atoms with van der Waals surface area (Å²) in [6, 6.07) is 10.4. The Labute approximate surface area is 120 Å². The van der Waals surface area contributed by atoms with Crippen LogP contribution in [0, 0.1) is 13.8 Å². The van der Waals surface area contributed by atoms with E-state index in [0.29, 0.717) is 6.54 Å². The highest BCUT2D eigenvalue weighted by molar-refractivity contribution is 8.00. The molecule has 1 aromatic carbocycles. The molecular formula is C14H15F3N2S. The molecule has 0 spiro atoms. The smallest absolute Gasteiger partial charge is 0.322 e. The first-order chi connectivity index (χ1) is 9.35. The molecule has 6 heteroatoms. The lowest BCUT2D eigenvalue weighted by atomic mass is 10.2. The molecule has 0 unspecified atom stereocenters. The fraction of sp³-hybridized carbons (Fsp3) is 0.286. The number of nitrogens with zero attached hydrogens (tertiary/aromatic N) is 1. The Morgan fingerprint density at radius 1 is 1.00 bits per heavy atom. The number of thioether (sulfide) groups is 1. The molecule has 1 aromatic heterocycles. The number of hydrogen-bond donors (Lipinski definition) is 1. The molecular weight excluding hydrogens is 285 g/mol. The van der Waals surface area contributed by atoms with Crippen molar-refractivity contribution in [3.63, 3.8) is 0 Å². The Kier molecular flexibility index (Phi) is 4.32. The third kappa shape index (κ3) is 3.96. The lowest BCUT2D eigenvalue weighted by Gasteiger charge is -2.13. The number of halogens is 3. The van der Waals surface area contributed by atoms with Gasteiger partial charge in [0.05, 0.1) is 6.54 Å². The van der Waals surface area contributed by atoms with Crippen LogP contribution in [-0.4, -0.2) is 10.2 Å². The van der Waals surface area contributed by atoms with Crippen LogP contribution in [0.25, 0.3) is 0 Å². The molecule has 1 N–H and O–H groups in total. The fourth-order valence-corrected chi connectivity index (χ4v) is 2.44. The van der Waals surface area contributed by atoms with Gasteiger partial charge in [-0.25, -0.2) is 0 Å². The van der Waals surface area contributed by atoms with E-state index >= 15 is 0 Å². The van der Waals surface area contributed by atoms with Gasteiger partial charge >= 0.3 is 5.51 Å². The van der Waals surface area contributed by atoms with E-state index in [0.717, 1.165) is 17.0 Å². The number of hydrogen-bond acceptors (Lipinski definition) is 2. The molecule has 0 radical (unpaired) electrons. The summed E-state index contributed by atoms with van der Waals surface area (Å²) in [7, 11) is 0. The Morgan fingerprint density at radius 3 is 2.05 bits per heavy atom. The summed E-state index contributed by atoms with van der Waals surface area (Å²) in [6.07, 6.45) is 0. The molecule has 0 aliphatic heterocycles. The van der Waals surface area contributed by atoms with Crippen LogP contribution in [0.5, 0.6) is 0 Å². The zero-order valence-electron chi connectivity index (χ0n) is 11.2. The summed E-state index contributed by atoms with van der Waals surface area (Å²) in [5.41, 5.74) is 2.11. The molecule has 108 valence electrons. The highest BCUT2D eigenvalue weighted by atomic mass is 32.2. The maximum atomic E-state index is 12.2. The Balaban J connectivity index is 1.98. The largest absolute Gasteiger partial charge is 0.446 e. The van der Waals surface area contributed by atoms with Crippen molar-refractivity contribution in [2.24, 2.45) is 0 Å². The van der Waals surface area contributed by atoms with Crippen LogP contribution in [0.1, 0.15) is 17.0 Å². The summed E-state index contributed by atoms with van der Waals surface area (Å²) in [5.74, 6) is 0. The average Bonchev–Trinajstić information content (AvgIpc) is 2.67.